The second-order valence-electron chi connectivity index (χ2n) is 12.5. The van der Waals surface area contributed by atoms with Gasteiger partial charge in [0.15, 0.2) is 0 Å². The van der Waals surface area contributed by atoms with Gasteiger partial charge in [0.05, 0.1) is 12.5 Å². The molecule has 6 heteroatoms. The number of methoxy groups -OCH3 is 1. The minimum Gasteiger partial charge on any atom is -0.497 e. The van der Waals surface area contributed by atoms with Gasteiger partial charge in [-0.25, -0.2) is 0 Å². The molecule has 39 heavy (non-hydrogen) atoms. The minimum atomic E-state index is -0.146. The fourth-order valence-electron chi connectivity index (χ4n) is 7.62. The molecule has 1 spiro atoms. The molecule has 0 N–H and O–H groups in total. The molecule has 1 amide bonds. The third-order valence-corrected chi connectivity index (χ3v) is 10.0. The fraction of sp³-hybridized carbons (Fsp3) is 0.606. The largest absolute Gasteiger partial charge is 0.497 e. The number of ether oxygens (including phenoxy) is 2. The molecule has 0 aromatic heterocycles. The second kappa shape index (κ2) is 12.0. The van der Waals surface area contributed by atoms with E-state index in [0.29, 0.717) is 24.3 Å². The van der Waals surface area contributed by atoms with Crippen molar-refractivity contribution in [3.05, 3.63) is 65.7 Å². The standard InChI is InChI=1S/C33H45N3O3/c1-38-30-9-7-26(8-10-30)22-36-18-15-33(32(36)37)13-16-34(17-14-33)23-29-24-35(21-27-11-19-39-20-12-27)25-31(29)28-5-3-2-4-6-28/h2-10,27,29,31H,11-25H2,1H3/t29-,31?/m0/s1. The number of likely N-dealkylation sites (tertiary alicyclic amines) is 3. The van der Waals surface area contributed by atoms with Crippen LogP contribution in [0.3, 0.4) is 0 Å². The molecule has 0 radical (unpaired) electrons. The summed E-state index contributed by atoms with van der Waals surface area (Å²) in [5.41, 5.74) is 2.52. The van der Waals surface area contributed by atoms with Gasteiger partial charge in [0.1, 0.15) is 5.75 Å². The van der Waals surface area contributed by atoms with Crippen LogP contribution in [0.15, 0.2) is 54.6 Å². The molecule has 210 valence electrons. The van der Waals surface area contributed by atoms with Gasteiger partial charge < -0.3 is 24.2 Å². The third-order valence-electron chi connectivity index (χ3n) is 10.0. The zero-order valence-electron chi connectivity index (χ0n) is 23.6. The number of benzene rings is 2. The van der Waals surface area contributed by atoms with Gasteiger partial charge in [-0.1, -0.05) is 42.5 Å². The van der Waals surface area contributed by atoms with Gasteiger partial charge in [-0.15, -0.1) is 0 Å². The Bertz CT molecular complexity index is 1080. The van der Waals surface area contributed by atoms with E-state index in [-0.39, 0.29) is 5.41 Å². The van der Waals surface area contributed by atoms with Crippen LogP contribution in [0.25, 0.3) is 0 Å². The topological polar surface area (TPSA) is 45.2 Å². The monoisotopic (exact) mass is 531 g/mol. The average Bonchev–Trinajstić information content (AvgIpc) is 3.51. The Morgan fingerprint density at radius 2 is 1.59 bits per heavy atom. The summed E-state index contributed by atoms with van der Waals surface area (Å²) in [5.74, 6) is 3.25. The van der Waals surface area contributed by atoms with Gasteiger partial charge in [-0.2, -0.15) is 0 Å². The summed E-state index contributed by atoms with van der Waals surface area (Å²) >= 11 is 0. The van der Waals surface area contributed by atoms with Gasteiger partial charge in [-0.3, -0.25) is 4.79 Å². The SMILES string of the molecule is COc1ccc(CN2CCC3(CCN(C[C@H]4CN(CC5CCOCC5)CC4c4ccccc4)CC3)C2=O)cc1. The van der Waals surface area contributed by atoms with Crippen LogP contribution >= 0.6 is 0 Å². The Hall–Kier alpha value is -2.41. The predicted molar refractivity (Wildman–Crippen MR) is 154 cm³/mol. The van der Waals surface area contributed by atoms with E-state index >= 15 is 0 Å². The van der Waals surface area contributed by atoms with E-state index in [1.807, 2.05) is 12.1 Å². The van der Waals surface area contributed by atoms with Crippen molar-refractivity contribution in [3.8, 4) is 5.75 Å². The van der Waals surface area contributed by atoms with Crippen LogP contribution in [0.1, 0.15) is 49.1 Å². The number of hydrogen-bond donors (Lipinski definition) is 0. The zero-order chi connectivity index (χ0) is 26.7. The number of carbonyl (C=O) groups is 1. The maximum atomic E-state index is 13.6. The molecule has 0 aliphatic carbocycles. The lowest BCUT2D eigenvalue weighted by molar-refractivity contribution is -0.139. The van der Waals surface area contributed by atoms with Crippen molar-refractivity contribution < 1.29 is 14.3 Å². The molecule has 4 aliphatic heterocycles. The summed E-state index contributed by atoms with van der Waals surface area (Å²) in [6.07, 6.45) is 5.41. The van der Waals surface area contributed by atoms with Crippen LogP contribution in [-0.4, -0.2) is 86.7 Å². The van der Waals surface area contributed by atoms with Crippen molar-refractivity contribution in [1.82, 2.24) is 14.7 Å². The molecule has 2 aromatic carbocycles. The summed E-state index contributed by atoms with van der Waals surface area (Å²) in [6, 6.07) is 19.3. The van der Waals surface area contributed by atoms with E-state index in [2.05, 4.69) is 57.2 Å². The lowest BCUT2D eigenvalue weighted by Gasteiger charge is -2.39. The quantitative estimate of drug-likeness (QED) is 0.496. The average molecular weight is 532 g/mol. The van der Waals surface area contributed by atoms with Crippen LogP contribution in [0.5, 0.6) is 5.75 Å². The van der Waals surface area contributed by atoms with Gasteiger partial charge in [0, 0.05) is 58.4 Å². The normalized spacial score (nSPS) is 26.5. The summed E-state index contributed by atoms with van der Waals surface area (Å²) in [5, 5.41) is 0. The van der Waals surface area contributed by atoms with Crippen molar-refractivity contribution in [3.63, 3.8) is 0 Å². The first-order valence-electron chi connectivity index (χ1n) is 15.1. The van der Waals surface area contributed by atoms with Crippen molar-refractivity contribution in [2.24, 2.45) is 17.3 Å². The molecule has 2 aromatic rings. The predicted octanol–water partition coefficient (Wildman–Crippen LogP) is 4.65. The molecular weight excluding hydrogens is 486 g/mol. The fourth-order valence-corrected chi connectivity index (χ4v) is 7.62. The Kier molecular flexibility index (Phi) is 8.24. The Balaban J connectivity index is 1.05. The van der Waals surface area contributed by atoms with Crippen LogP contribution in [0, 0.1) is 17.3 Å². The van der Waals surface area contributed by atoms with Crippen LogP contribution < -0.4 is 4.74 Å². The number of carbonyl (C=O) groups excluding carboxylic acids is 1. The summed E-state index contributed by atoms with van der Waals surface area (Å²) < 4.78 is 10.9. The van der Waals surface area contributed by atoms with E-state index in [1.54, 1.807) is 7.11 Å². The molecule has 6 rings (SSSR count). The highest BCUT2D eigenvalue weighted by Crippen LogP contribution is 2.43. The first-order chi connectivity index (χ1) is 19.1. The van der Waals surface area contributed by atoms with Crippen molar-refractivity contribution >= 4 is 5.91 Å². The highest BCUT2D eigenvalue weighted by Gasteiger charge is 2.48. The van der Waals surface area contributed by atoms with E-state index in [4.69, 9.17) is 9.47 Å². The highest BCUT2D eigenvalue weighted by atomic mass is 16.5. The first-order valence-corrected chi connectivity index (χ1v) is 15.1. The zero-order valence-corrected chi connectivity index (χ0v) is 23.6. The lowest BCUT2D eigenvalue weighted by Crippen LogP contribution is -2.46. The highest BCUT2D eigenvalue weighted by molar-refractivity contribution is 5.85. The van der Waals surface area contributed by atoms with Crippen LogP contribution in [-0.2, 0) is 16.1 Å². The van der Waals surface area contributed by atoms with Crippen molar-refractivity contribution in [2.75, 3.05) is 66.1 Å². The van der Waals surface area contributed by atoms with Crippen molar-refractivity contribution in [2.45, 2.75) is 44.6 Å². The number of amides is 1. The molecule has 4 aliphatic rings. The molecule has 6 nitrogen and oxygen atoms in total. The Morgan fingerprint density at radius 1 is 0.872 bits per heavy atom. The summed E-state index contributed by atoms with van der Waals surface area (Å²) in [7, 11) is 1.69. The van der Waals surface area contributed by atoms with Crippen LogP contribution in [0.2, 0.25) is 0 Å². The molecule has 4 fully saturated rings. The third kappa shape index (κ3) is 6.03. The van der Waals surface area contributed by atoms with Gasteiger partial charge in [-0.05, 0) is 80.3 Å². The Labute approximate surface area is 234 Å². The molecule has 4 heterocycles. The van der Waals surface area contributed by atoms with Gasteiger partial charge in [0.2, 0.25) is 5.91 Å². The van der Waals surface area contributed by atoms with E-state index in [0.717, 1.165) is 70.3 Å². The number of rotatable bonds is 8. The van der Waals surface area contributed by atoms with E-state index in [9.17, 15) is 4.79 Å². The molecule has 4 saturated heterocycles. The lowest BCUT2D eigenvalue weighted by atomic mass is 9.76. The van der Waals surface area contributed by atoms with E-state index in [1.165, 1.54) is 43.6 Å². The molecule has 0 bridgehead atoms. The molecular formula is C33H45N3O3. The smallest absolute Gasteiger partial charge is 0.229 e. The second-order valence-corrected chi connectivity index (χ2v) is 12.5. The van der Waals surface area contributed by atoms with Gasteiger partial charge >= 0.3 is 0 Å². The first kappa shape index (κ1) is 26.8. The number of piperidine rings is 1. The maximum absolute atomic E-state index is 13.6. The number of hydrogen-bond acceptors (Lipinski definition) is 5. The Morgan fingerprint density at radius 3 is 2.31 bits per heavy atom. The van der Waals surface area contributed by atoms with Crippen LogP contribution in [0.4, 0.5) is 0 Å². The maximum Gasteiger partial charge on any atom is 0.229 e. The molecule has 0 saturated carbocycles. The van der Waals surface area contributed by atoms with Gasteiger partial charge in [0.25, 0.3) is 0 Å². The molecule has 2 atom stereocenters. The van der Waals surface area contributed by atoms with E-state index < -0.39 is 0 Å². The summed E-state index contributed by atoms with van der Waals surface area (Å²) in [4.78, 5) is 21.1. The molecule has 1 unspecified atom stereocenters. The van der Waals surface area contributed by atoms with Crippen molar-refractivity contribution in [1.29, 1.82) is 0 Å². The minimum absolute atomic E-state index is 0.146. The summed E-state index contributed by atoms with van der Waals surface area (Å²) in [6.45, 7) is 10.2. The number of nitrogens with zero attached hydrogens (tertiary/aromatic N) is 3.